The normalized spacial score (nSPS) is 18.0. The summed E-state index contributed by atoms with van der Waals surface area (Å²) in [4.78, 5) is 18.7. The van der Waals surface area contributed by atoms with E-state index in [1.54, 1.807) is 17.4 Å². The van der Waals surface area contributed by atoms with Crippen LogP contribution in [-0.2, 0) is 11.2 Å². The zero-order valence-electron chi connectivity index (χ0n) is 13.1. The van der Waals surface area contributed by atoms with Crippen molar-refractivity contribution < 1.29 is 9.18 Å². The lowest BCUT2D eigenvalue weighted by Crippen LogP contribution is -2.45. The van der Waals surface area contributed by atoms with Gasteiger partial charge in [-0.2, -0.15) is 0 Å². The first-order valence-corrected chi connectivity index (χ1v) is 8.69. The number of amides is 1. The third-order valence-corrected chi connectivity index (χ3v) is 4.79. The molecule has 122 valence electrons. The summed E-state index contributed by atoms with van der Waals surface area (Å²) in [5.41, 5.74) is 1.61. The van der Waals surface area contributed by atoms with Gasteiger partial charge in [0.1, 0.15) is 5.82 Å². The predicted octanol–water partition coefficient (Wildman–Crippen LogP) is 3.24. The minimum absolute atomic E-state index is 0.112. The molecule has 3 rings (SSSR count). The standard InChI is InChI=1S/C17H20FN3OS/c1-12-19-16(11-23-12)9-17(22)21-7-3-6-15(10-21)20-14-5-2-4-13(18)8-14/h2,4-5,8,11,15,20H,3,6-7,9-10H2,1H3. The van der Waals surface area contributed by atoms with Crippen molar-refractivity contribution >= 4 is 22.9 Å². The fourth-order valence-electron chi connectivity index (χ4n) is 2.89. The van der Waals surface area contributed by atoms with E-state index < -0.39 is 0 Å². The van der Waals surface area contributed by atoms with Crippen LogP contribution in [0.1, 0.15) is 23.5 Å². The van der Waals surface area contributed by atoms with Crippen LogP contribution in [0.25, 0.3) is 0 Å². The molecular weight excluding hydrogens is 313 g/mol. The Hall–Kier alpha value is -1.95. The lowest BCUT2D eigenvalue weighted by molar-refractivity contribution is -0.131. The van der Waals surface area contributed by atoms with E-state index in [0.29, 0.717) is 13.0 Å². The molecule has 1 aliphatic rings. The number of benzene rings is 1. The number of anilines is 1. The number of aromatic nitrogens is 1. The van der Waals surface area contributed by atoms with E-state index in [4.69, 9.17) is 0 Å². The molecule has 1 aromatic heterocycles. The van der Waals surface area contributed by atoms with Crippen molar-refractivity contribution in [2.45, 2.75) is 32.2 Å². The van der Waals surface area contributed by atoms with Crippen LogP contribution in [0.15, 0.2) is 29.6 Å². The number of likely N-dealkylation sites (tertiary alicyclic amines) is 1. The molecule has 1 amide bonds. The molecule has 0 aliphatic carbocycles. The Labute approximate surface area is 139 Å². The van der Waals surface area contributed by atoms with Crippen LogP contribution in [-0.4, -0.2) is 34.9 Å². The number of rotatable bonds is 4. The number of nitrogens with one attached hydrogen (secondary N) is 1. The van der Waals surface area contributed by atoms with Crippen LogP contribution in [0.3, 0.4) is 0 Å². The second-order valence-electron chi connectivity index (χ2n) is 5.87. The molecule has 6 heteroatoms. The van der Waals surface area contributed by atoms with Gasteiger partial charge in [0, 0.05) is 30.2 Å². The van der Waals surface area contributed by atoms with Crippen molar-refractivity contribution in [3.63, 3.8) is 0 Å². The maximum Gasteiger partial charge on any atom is 0.228 e. The maximum absolute atomic E-state index is 13.3. The summed E-state index contributed by atoms with van der Waals surface area (Å²) in [6, 6.07) is 6.61. The van der Waals surface area contributed by atoms with E-state index in [-0.39, 0.29) is 17.8 Å². The molecule has 1 aliphatic heterocycles. The highest BCUT2D eigenvalue weighted by Gasteiger charge is 2.24. The van der Waals surface area contributed by atoms with E-state index in [1.807, 2.05) is 23.3 Å². The Bertz CT molecular complexity index is 688. The van der Waals surface area contributed by atoms with E-state index in [0.717, 1.165) is 35.8 Å². The Kier molecular flexibility index (Phi) is 4.91. The molecular formula is C17H20FN3OS. The monoisotopic (exact) mass is 333 g/mol. The third kappa shape index (κ3) is 4.28. The molecule has 1 N–H and O–H groups in total. The molecule has 1 unspecified atom stereocenters. The van der Waals surface area contributed by atoms with Crippen molar-refractivity contribution in [2.75, 3.05) is 18.4 Å². The number of nitrogens with zero attached hydrogens (tertiary/aromatic N) is 2. The number of hydrogen-bond acceptors (Lipinski definition) is 4. The van der Waals surface area contributed by atoms with Crippen molar-refractivity contribution in [1.29, 1.82) is 0 Å². The highest BCUT2D eigenvalue weighted by molar-refractivity contribution is 7.09. The number of hydrogen-bond donors (Lipinski definition) is 1. The second-order valence-corrected chi connectivity index (χ2v) is 6.93. The smallest absolute Gasteiger partial charge is 0.228 e. The van der Waals surface area contributed by atoms with Crippen LogP contribution in [0.2, 0.25) is 0 Å². The molecule has 1 atom stereocenters. The summed E-state index contributed by atoms with van der Waals surface area (Å²) in [5.74, 6) is -0.140. The van der Waals surface area contributed by atoms with Crippen molar-refractivity contribution in [1.82, 2.24) is 9.88 Å². The van der Waals surface area contributed by atoms with Gasteiger partial charge in [-0.1, -0.05) is 6.07 Å². The molecule has 1 fully saturated rings. The number of halogens is 1. The Morgan fingerprint density at radius 1 is 1.52 bits per heavy atom. The number of carbonyl (C=O) groups is 1. The van der Waals surface area contributed by atoms with E-state index in [9.17, 15) is 9.18 Å². The first-order valence-electron chi connectivity index (χ1n) is 7.81. The zero-order valence-corrected chi connectivity index (χ0v) is 13.9. The summed E-state index contributed by atoms with van der Waals surface area (Å²) in [6.45, 7) is 3.38. The van der Waals surface area contributed by atoms with Crippen molar-refractivity contribution in [2.24, 2.45) is 0 Å². The van der Waals surface area contributed by atoms with Gasteiger partial charge in [0.15, 0.2) is 0 Å². The Morgan fingerprint density at radius 2 is 2.39 bits per heavy atom. The number of piperidine rings is 1. The summed E-state index contributed by atoms with van der Waals surface area (Å²) >= 11 is 1.57. The summed E-state index contributed by atoms with van der Waals surface area (Å²) in [5, 5.41) is 6.25. The molecule has 23 heavy (non-hydrogen) atoms. The van der Waals surface area contributed by atoms with Crippen LogP contribution in [0.4, 0.5) is 10.1 Å². The van der Waals surface area contributed by atoms with Crippen LogP contribution < -0.4 is 5.32 Å². The van der Waals surface area contributed by atoms with Gasteiger partial charge in [-0.25, -0.2) is 9.37 Å². The minimum Gasteiger partial charge on any atom is -0.380 e. The number of aryl methyl sites for hydroxylation is 1. The number of thiazole rings is 1. The second kappa shape index (κ2) is 7.08. The topological polar surface area (TPSA) is 45.2 Å². The zero-order chi connectivity index (χ0) is 16.2. The van der Waals surface area contributed by atoms with Gasteiger partial charge in [-0.3, -0.25) is 4.79 Å². The average molecular weight is 333 g/mol. The van der Waals surface area contributed by atoms with Gasteiger partial charge in [0.05, 0.1) is 17.1 Å². The molecule has 4 nitrogen and oxygen atoms in total. The van der Waals surface area contributed by atoms with E-state index in [1.165, 1.54) is 12.1 Å². The molecule has 0 spiro atoms. The lowest BCUT2D eigenvalue weighted by Gasteiger charge is -2.33. The van der Waals surface area contributed by atoms with Gasteiger partial charge in [-0.05, 0) is 38.0 Å². The van der Waals surface area contributed by atoms with Gasteiger partial charge in [-0.15, -0.1) is 11.3 Å². The summed E-state index contributed by atoms with van der Waals surface area (Å²) in [6.07, 6.45) is 2.29. The fraction of sp³-hybridized carbons (Fsp3) is 0.412. The van der Waals surface area contributed by atoms with Crippen molar-refractivity contribution in [3.05, 3.63) is 46.2 Å². The molecule has 0 bridgehead atoms. The van der Waals surface area contributed by atoms with Crippen LogP contribution in [0, 0.1) is 12.7 Å². The Morgan fingerprint density at radius 3 is 3.13 bits per heavy atom. The largest absolute Gasteiger partial charge is 0.380 e. The van der Waals surface area contributed by atoms with E-state index in [2.05, 4.69) is 10.3 Å². The summed E-state index contributed by atoms with van der Waals surface area (Å²) < 4.78 is 13.3. The molecule has 0 radical (unpaired) electrons. The molecule has 1 aromatic carbocycles. The lowest BCUT2D eigenvalue weighted by atomic mass is 10.0. The highest BCUT2D eigenvalue weighted by atomic mass is 32.1. The van der Waals surface area contributed by atoms with Crippen LogP contribution in [0.5, 0.6) is 0 Å². The van der Waals surface area contributed by atoms with E-state index >= 15 is 0 Å². The van der Waals surface area contributed by atoms with Gasteiger partial charge < -0.3 is 10.2 Å². The highest BCUT2D eigenvalue weighted by Crippen LogP contribution is 2.18. The summed E-state index contributed by atoms with van der Waals surface area (Å²) in [7, 11) is 0. The molecule has 2 aromatic rings. The Balaban J connectivity index is 1.58. The quantitative estimate of drug-likeness (QED) is 0.934. The molecule has 0 saturated carbocycles. The SMILES string of the molecule is Cc1nc(CC(=O)N2CCCC(Nc3cccc(F)c3)C2)cs1. The predicted molar refractivity (Wildman–Crippen MR) is 90.2 cm³/mol. The average Bonchev–Trinajstić information content (AvgIpc) is 2.92. The first-order chi connectivity index (χ1) is 11.1. The molecule has 1 saturated heterocycles. The van der Waals surface area contributed by atoms with Gasteiger partial charge in [0.2, 0.25) is 5.91 Å². The third-order valence-electron chi connectivity index (χ3n) is 3.97. The van der Waals surface area contributed by atoms with Gasteiger partial charge in [0.25, 0.3) is 0 Å². The van der Waals surface area contributed by atoms with Crippen molar-refractivity contribution in [3.8, 4) is 0 Å². The first kappa shape index (κ1) is 15.9. The fourth-order valence-corrected chi connectivity index (χ4v) is 3.50. The maximum atomic E-state index is 13.3. The van der Waals surface area contributed by atoms with Crippen LogP contribution >= 0.6 is 11.3 Å². The molecule has 2 heterocycles. The number of carbonyl (C=O) groups excluding carboxylic acids is 1. The minimum atomic E-state index is -0.252. The van der Waals surface area contributed by atoms with Gasteiger partial charge >= 0.3 is 0 Å².